The Balaban J connectivity index is 0.000000646. The zero-order valence-corrected chi connectivity index (χ0v) is 17.3. The number of ether oxygens (including phenoxy) is 2. The Hall–Kier alpha value is -1.59. The van der Waals surface area contributed by atoms with Crippen LogP contribution in [0.5, 0.6) is 5.75 Å². The van der Waals surface area contributed by atoms with Gasteiger partial charge in [0, 0.05) is 31.4 Å². The highest BCUT2D eigenvalue weighted by atomic mass is 16.5. The maximum Gasteiger partial charge on any atom is 0.255 e. The van der Waals surface area contributed by atoms with Crippen molar-refractivity contribution < 1.29 is 14.3 Å². The third-order valence-electron chi connectivity index (χ3n) is 4.80. The quantitative estimate of drug-likeness (QED) is 0.644. The van der Waals surface area contributed by atoms with Gasteiger partial charge in [-0.25, -0.2) is 0 Å². The van der Waals surface area contributed by atoms with E-state index in [1.165, 1.54) is 38.5 Å². The van der Waals surface area contributed by atoms with E-state index in [9.17, 15) is 4.79 Å². The van der Waals surface area contributed by atoms with Gasteiger partial charge in [-0.15, -0.1) is 0 Å². The summed E-state index contributed by atoms with van der Waals surface area (Å²) in [5.74, 6) is 1.16. The summed E-state index contributed by atoms with van der Waals surface area (Å²) in [4.78, 5) is 10.9. The lowest BCUT2D eigenvalue weighted by molar-refractivity contribution is -0.119. The number of hydrogen-bond donors (Lipinski definition) is 2. The number of carbonyl (C=O) groups is 1. The molecule has 5 heteroatoms. The molecule has 1 unspecified atom stereocenters. The molecule has 27 heavy (non-hydrogen) atoms. The van der Waals surface area contributed by atoms with Crippen LogP contribution in [0.4, 0.5) is 0 Å². The molecule has 2 rings (SSSR count). The summed E-state index contributed by atoms with van der Waals surface area (Å²) in [5.41, 5.74) is 6.21. The van der Waals surface area contributed by atoms with Crippen molar-refractivity contribution in [3.8, 4) is 5.75 Å². The maximum absolute atomic E-state index is 10.9. The van der Waals surface area contributed by atoms with E-state index in [0.29, 0.717) is 6.04 Å². The molecule has 1 aliphatic carbocycles. The third-order valence-corrected chi connectivity index (χ3v) is 4.80. The highest BCUT2D eigenvalue weighted by Gasteiger charge is 2.16. The van der Waals surface area contributed by atoms with Gasteiger partial charge in [-0.3, -0.25) is 4.79 Å². The van der Waals surface area contributed by atoms with E-state index in [0.717, 1.165) is 37.0 Å². The van der Waals surface area contributed by atoms with Crippen molar-refractivity contribution in [2.75, 3.05) is 19.8 Å². The second-order valence-corrected chi connectivity index (χ2v) is 7.17. The summed E-state index contributed by atoms with van der Waals surface area (Å²) in [6.07, 6.45) is 8.18. The Morgan fingerprint density at radius 3 is 2.44 bits per heavy atom. The smallest absolute Gasteiger partial charge is 0.255 e. The predicted molar refractivity (Wildman–Crippen MR) is 111 cm³/mol. The molecule has 1 aliphatic rings. The number of hydrogen-bond acceptors (Lipinski definition) is 4. The van der Waals surface area contributed by atoms with Crippen LogP contribution in [0, 0.1) is 5.92 Å². The monoisotopic (exact) mass is 378 g/mol. The summed E-state index contributed by atoms with van der Waals surface area (Å²) >= 11 is 0. The van der Waals surface area contributed by atoms with E-state index in [1.807, 2.05) is 38.1 Å². The van der Waals surface area contributed by atoms with Gasteiger partial charge in [-0.2, -0.15) is 0 Å². The zero-order valence-electron chi connectivity index (χ0n) is 17.3. The SMILES string of the molecule is CC(CC1CCCCC1)NCc1ccccc1OCC(N)=O.CCOCC. The molecule has 3 N–H and O–H groups in total. The van der Waals surface area contributed by atoms with Crippen LogP contribution in [0.2, 0.25) is 0 Å². The fourth-order valence-corrected chi connectivity index (χ4v) is 3.43. The summed E-state index contributed by atoms with van der Waals surface area (Å²) in [6, 6.07) is 8.29. The van der Waals surface area contributed by atoms with Gasteiger partial charge >= 0.3 is 0 Å². The summed E-state index contributed by atoms with van der Waals surface area (Å²) in [7, 11) is 0. The van der Waals surface area contributed by atoms with E-state index in [4.69, 9.17) is 15.2 Å². The van der Waals surface area contributed by atoms with Crippen molar-refractivity contribution >= 4 is 5.91 Å². The number of amides is 1. The zero-order chi connectivity index (χ0) is 19.9. The number of primary amides is 1. The van der Waals surface area contributed by atoms with Crippen molar-refractivity contribution in [1.29, 1.82) is 0 Å². The van der Waals surface area contributed by atoms with Gasteiger partial charge in [0.25, 0.3) is 5.91 Å². The van der Waals surface area contributed by atoms with Crippen LogP contribution >= 0.6 is 0 Å². The first-order valence-corrected chi connectivity index (χ1v) is 10.4. The first-order valence-electron chi connectivity index (χ1n) is 10.4. The van der Waals surface area contributed by atoms with Crippen molar-refractivity contribution in [2.24, 2.45) is 11.7 Å². The molecule has 0 saturated heterocycles. The molecule has 1 fully saturated rings. The molecule has 0 aliphatic heterocycles. The lowest BCUT2D eigenvalue weighted by Crippen LogP contribution is -2.29. The molecule has 0 heterocycles. The van der Waals surface area contributed by atoms with Crippen molar-refractivity contribution in [3.63, 3.8) is 0 Å². The van der Waals surface area contributed by atoms with Gasteiger partial charge in [0.05, 0.1) is 0 Å². The van der Waals surface area contributed by atoms with Crippen LogP contribution in [0.15, 0.2) is 24.3 Å². The number of carbonyl (C=O) groups excluding carboxylic acids is 1. The van der Waals surface area contributed by atoms with Crippen LogP contribution in [0.25, 0.3) is 0 Å². The molecule has 1 aromatic carbocycles. The van der Waals surface area contributed by atoms with Crippen LogP contribution in [0.1, 0.15) is 64.9 Å². The van der Waals surface area contributed by atoms with Gasteiger partial charge in [0.1, 0.15) is 5.75 Å². The second kappa shape index (κ2) is 14.5. The number of para-hydroxylation sites is 1. The molecular formula is C22H38N2O3. The van der Waals surface area contributed by atoms with Gasteiger partial charge in [-0.1, -0.05) is 50.3 Å². The summed E-state index contributed by atoms with van der Waals surface area (Å²) in [5, 5.41) is 3.58. The number of rotatable bonds is 10. The average Bonchev–Trinajstić information content (AvgIpc) is 2.67. The Morgan fingerprint density at radius 2 is 1.85 bits per heavy atom. The minimum atomic E-state index is -0.451. The largest absolute Gasteiger partial charge is 0.483 e. The van der Waals surface area contributed by atoms with Gasteiger partial charge in [0.15, 0.2) is 6.61 Å². The molecule has 1 amide bonds. The third kappa shape index (κ3) is 11.0. The molecule has 154 valence electrons. The van der Waals surface area contributed by atoms with E-state index >= 15 is 0 Å². The van der Waals surface area contributed by atoms with Crippen molar-refractivity contribution in [3.05, 3.63) is 29.8 Å². The Labute approximate surface area is 165 Å². The molecule has 1 aromatic rings. The molecule has 0 aromatic heterocycles. The fourth-order valence-electron chi connectivity index (χ4n) is 3.43. The van der Waals surface area contributed by atoms with Crippen LogP contribution in [0.3, 0.4) is 0 Å². The van der Waals surface area contributed by atoms with Crippen LogP contribution in [-0.2, 0) is 16.1 Å². The van der Waals surface area contributed by atoms with E-state index in [2.05, 4.69) is 12.2 Å². The minimum Gasteiger partial charge on any atom is -0.483 e. The molecule has 5 nitrogen and oxygen atoms in total. The van der Waals surface area contributed by atoms with Gasteiger partial charge < -0.3 is 20.5 Å². The van der Waals surface area contributed by atoms with Crippen LogP contribution < -0.4 is 15.8 Å². The number of benzene rings is 1. The first kappa shape index (κ1) is 23.4. The molecule has 0 spiro atoms. The van der Waals surface area contributed by atoms with Gasteiger partial charge in [0.2, 0.25) is 0 Å². The lowest BCUT2D eigenvalue weighted by Gasteiger charge is -2.25. The lowest BCUT2D eigenvalue weighted by atomic mass is 9.85. The van der Waals surface area contributed by atoms with Crippen molar-refractivity contribution in [1.82, 2.24) is 5.32 Å². The maximum atomic E-state index is 10.9. The van der Waals surface area contributed by atoms with Gasteiger partial charge in [-0.05, 0) is 39.2 Å². The van der Waals surface area contributed by atoms with E-state index in [-0.39, 0.29) is 6.61 Å². The number of nitrogens with two attached hydrogens (primary N) is 1. The summed E-state index contributed by atoms with van der Waals surface area (Å²) in [6.45, 7) is 8.60. The fraction of sp³-hybridized carbons (Fsp3) is 0.682. The molecule has 0 bridgehead atoms. The normalized spacial score (nSPS) is 15.5. The highest BCUT2D eigenvalue weighted by molar-refractivity contribution is 5.75. The minimum absolute atomic E-state index is 0.0748. The second-order valence-electron chi connectivity index (χ2n) is 7.17. The molecule has 1 saturated carbocycles. The Kier molecular flexibility index (Phi) is 12.6. The standard InChI is InChI=1S/C18H28N2O2.C4H10O/c1-14(11-15-7-3-2-4-8-15)20-12-16-9-5-6-10-17(16)22-13-18(19)21;1-3-5-4-2/h5-6,9-10,14-15,20H,2-4,7-8,11-13H2,1H3,(H2,19,21);3-4H2,1-2H3. The van der Waals surface area contributed by atoms with Crippen molar-refractivity contribution in [2.45, 2.75) is 71.9 Å². The highest BCUT2D eigenvalue weighted by Crippen LogP contribution is 2.27. The summed E-state index contributed by atoms with van der Waals surface area (Å²) < 4.78 is 10.3. The molecule has 1 atom stereocenters. The molecule has 0 radical (unpaired) electrons. The Morgan fingerprint density at radius 1 is 1.19 bits per heavy atom. The topological polar surface area (TPSA) is 73.6 Å². The van der Waals surface area contributed by atoms with E-state index < -0.39 is 5.91 Å². The first-order chi connectivity index (χ1) is 13.1. The Bertz CT molecular complexity index is 514. The number of nitrogens with one attached hydrogen (secondary N) is 1. The average molecular weight is 379 g/mol. The van der Waals surface area contributed by atoms with E-state index in [1.54, 1.807) is 0 Å². The molecular weight excluding hydrogens is 340 g/mol. The predicted octanol–water partition coefficient (Wildman–Crippen LogP) is 4.04. The van der Waals surface area contributed by atoms with Crippen LogP contribution in [-0.4, -0.2) is 31.8 Å².